The number of nitrogens with zero attached hydrogens (tertiary/aromatic N) is 1. The van der Waals surface area contributed by atoms with Crippen LogP contribution in [0.2, 0.25) is 0 Å². The first kappa shape index (κ1) is 12.8. The molecule has 0 atom stereocenters. The number of hydrogen-bond acceptors (Lipinski definition) is 4. The van der Waals surface area contributed by atoms with E-state index in [4.69, 9.17) is 4.74 Å². The van der Waals surface area contributed by atoms with Crippen LogP contribution in [0.5, 0.6) is 5.75 Å². The highest BCUT2D eigenvalue weighted by Crippen LogP contribution is 2.19. The normalized spacial score (nSPS) is 10.7. The largest absolute Gasteiger partial charge is 0.422 e. The Morgan fingerprint density at radius 2 is 1.94 bits per heavy atom. The number of benzene rings is 1. The van der Waals surface area contributed by atoms with Crippen LogP contribution in [0.25, 0.3) is 0 Å². The van der Waals surface area contributed by atoms with E-state index in [1.807, 2.05) is 31.2 Å². The Morgan fingerprint density at radius 1 is 1.28 bits per heavy atom. The number of esters is 1. The van der Waals surface area contributed by atoms with Gasteiger partial charge in [0.2, 0.25) is 0 Å². The zero-order chi connectivity index (χ0) is 13.1. The molecule has 0 N–H and O–H groups in total. The highest BCUT2D eigenvalue weighted by Gasteiger charge is 2.12. The van der Waals surface area contributed by atoms with Gasteiger partial charge >= 0.3 is 5.97 Å². The lowest BCUT2D eigenvalue weighted by Gasteiger charge is -2.06. The molecule has 2 aromatic rings. The van der Waals surface area contributed by atoms with Crippen LogP contribution < -0.4 is 4.74 Å². The van der Waals surface area contributed by atoms with Crippen molar-refractivity contribution in [2.45, 2.75) is 26.7 Å². The third kappa shape index (κ3) is 2.96. The molecule has 0 saturated carbocycles. The molecule has 0 radical (unpaired) electrons. The third-order valence-electron chi connectivity index (χ3n) is 2.59. The molecule has 4 heteroatoms. The fraction of sp³-hybridized carbons (Fsp3) is 0.286. The molecule has 1 aromatic carbocycles. The zero-order valence-electron chi connectivity index (χ0n) is 10.6. The van der Waals surface area contributed by atoms with Crippen LogP contribution in [0, 0.1) is 6.92 Å². The summed E-state index contributed by atoms with van der Waals surface area (Å²) in [7, 11) is 0. The molecule has 0 aliphatic heterocycles. The highest BCUT2D eigenvalue weighted by atomic mass is 32.1. The van der Waals surface area contributed by atoms with Gasteiger partial charge in [-0.15, -0.1) is 11.3 Å². The van der Waals surface area contributed by atoms with Gasteiger partial charge in [0.1, 0.15) is 5.75 Å². The molecular weight excluding hydrogens is 246 g/mol. The Morgan fingerprint density at radius 3 is 2.44 bits per heavy atom. The fourth-order valence-electron chi connectivity index (χ4n) is 1.54. The van der Waals surface area contributed by atoms with Crippen molar-refractivity contribution in [3.05, 3.63) is 45.9 Å². The minimum atomic E-state index is -0.406. The number of aromatic nitrogens is 1. The third-order valence-corrected chi connectivity index (χ3v) is 3.36. The van der Waals surface area contributed by atoms with Crippen LogP contribution in [-0.2, 0) is 0 Å². The maximum atomic E-state index is 11.8. The number of thiazole rings is 1. The molecule has 0 amide bonds. The summed E-state index contributed by atoms with van der Waals surface area (Å²) in [5.41, 5.74) is 1.59. The lowest BCUT2D eigenvalue weighted by Crippen LogP contribution is -2.08. The Labute approximate surface area is 110 Å². The van der Waals surface area contributed by atoms with Crippen LogP contribution in [0.15, 0.2) is 29.6 Å². The molecule has 0 bridgehead atoms. The summed E-state index contributed by atoms with van der Waals surface area (Å²) in [6.45, 7) is 6.11. The van der Waals surface area contributed by atoms with Gasteiger partial charge in [0.05, 0.1) is 5.01 Å². The molecule has 18 heavy (non-hydrogen) atoms. The average molecular weight is 261 g/mol. The van der Waals surface area contributed by atoms with Crippen molar-refractivity contribution in [2.75, 3.05) is 0 Å². The Hall–Kier alpha value is -1.68. The van der Waals surface area contributed by atoms with Crippen molar-refractivity contribution in [3.8, 4) is 5.75 Å². The molecule has 94 valence electrons. The van der Waals surface area contributed by atoms with E-state index < -0.39 is 5.97 Å². The summed E-state index contributed by atoms with van der Waals surface area (Å²) in [5.74, 6) is 0.614. The van der Waals surface area contributed by atoms with E-state index >= 15 is 0 Å². The van der Waals surface area contributed by atoms with Gasteiger partial charge in [-0.05, 0) is 30.5 Å². The summed E-state index contributed by atoms with van der Waals surface area (Å²) in [4.78, 5) is 15.9. The smallest absolute Gasteiger partial charge is 0.363 e. The van der Waals surface area contributed by atoms with Crippen molar-refractivity contribution in [1.29, 1.82) is 0 Å². The van der Waals surface area contributed by atoms with Crippen LogP contribution in [0.4, 0.5) is 0 Å². The average Bonchev–Trinajstić information content (AvgIpc) is 2.76. The van der Waals surface area contributed by atoms with Crippen molar-refractivity contribution >= 4 is 17.3 Å². The molecule has 0 aliphatic carbocycles. The van der Waals surface area contributed by atoms with E-state index in [1.54, 1.807) is 5.38 Å². The van der Waals surface area contributed by atoms with Gasteiger partial charge in [-0.1, -0.05) is 26.0 Å². The van der Waals surface area contributed by atoms with E-state index in [2.05, 4.69) is 18.8 Å². The van der Waals surface area contributed by atoms with Gasteiger partial charge in [0, 0.05) is 5.38 Å². The number of hydrogen-bond donors (Lipinski definition) is 0. The van der Waals surface area contributed by atoms with Crippen molar-refractivity contribution in [1.82, 2.24) is 4.98 Å². The summed E-state index contributed by atoms with van der Waals surface area (Å²) >= 11 is 1.44. The zero-order valence-corrected chi connectivity index (χ0v) is 11.5. The SMILES string of the molecule is Cc1nc(C(=O)Oc2ccc(C(C)C)cc2)cs1. The molecular formula is C14H15NO2S. The van der Waals surface area contributed by atoms with Crippen LogP contribution in [0.3, 0.4) is 0 Å². The molecule has 1 aromatic heterocycles. The second-order valence-electron chi connectivity index (χ2n) is 4.37. The quantitative estimate of drug-likeness (QED) is 0.623. The number of ether oxygens (including phenoxy) is 1. The molecule has 2 rings (SSSR count). The van der Waals surface area contributed by atoms with E-state index in [9.17, 15) is 4.79 Å². The second kappa shape index (κ2) is 5.31. The van der Waals surface area contributed by atoms with Gasteiger partial charge in [0.15, 0.2) is 5.69 Å². The molecule has 0 unspecified atom stereocenters. The first-order valence-corrected chi connectivity index (χ1v) is 6.68. The highest BCUT2D eigenvalue weighted by molar-refractivity contribution is 7.09. The van der Waals surface area contributed by atoms with Crippen molar-refractivity contribution in [3.63, 3.8) is 0 Å². The van der Waals surface area contributed by atoms with Crippen molar-refractivity contribution in [2.24, 2.45) is 0 Å². The first-order chi connectivity index (χ1) is 8.56. The Kier molecular flexibility index (Phi) is 3.77. The Bertz CT molecular complexity index is 543. The molecule has 1 heterocycles. The lowest BCUT2D eigenvalue weighted by molar-refractivity contribution is 0.0729. The maximum Gasteiger partial charge on any atom is 0.363 e. The fourth-order valence-corrected chi connectivity index (χ4v) is 2.12. The maximum absolute atomic E-state index is 11.8. The van der Waals surface area contributed by atoms with E-state index in [0.717, 1.165) is 5.01 Å². The van der Waals surface area contributed by atoms with Crippen LogP contribution in [0.1, 0.15) is 40.8 Å². The minimum Gasteiger partial charge on any atom is -0.422 e. The summed E-state index contributed by atoms with van der Waals surface area (Å²) in [5, 5.41) is 2.57. The standard InChI is InChI=1S/C14H15NO2S/c1-9(2)11-4-6-12(7-5-11)17-14(16)13-8-18-10(3)15-13/h4-9H,1-3H3. The summed E-state index contributed by atoms with van der Waals surface area (Å²) in [6.07, 6.45) is 0. The number of carbonyl (C=O) groups excluding carboxylic acids is 1. The predicted molar refractivity (Wildman–Crippen MR) is 72.3 cm³/mol. The van der Waals surface area contributed by atoms with E-state index in [-0.39, 0.29) is 0 Å². The first-order valence-electron chi connectivity index (χ1n) is 5.80. The van der Waals surface area contributed by atoms with Gasteiger partial charge in [-0.2, -0.15) is 0 Å². The van der Waals surface area contributed by atoms with E-state index in [1.165, 1.54) is 16.9 Å². The van der Waals surface area contributed by atoms with Gasteiger partial charge in [-0.3, -0.25) is 0 Å². The van der Waals surface area contributed by atoms with Crippen LogP contribution >= 0.6 is 11.3 Å². The van der Waals surface area contributed by atoms with Crippen LogP contribution in [-0.4, -0.2) is 11.0 Å². The van der Waals surface area contributed by atoms with Gasteiger partial charge in [0.25, 0.3) is 0 Å². The van der Waals surface area contributed by atoms with Gasteiger partial charge < -0.3 is 4.74 Å². The predicted octanol–water partition coefficient (Wildman–Crippen LogP) is 3.79. The number of aryl methyl sites for hydroxylation is 1. The molecule has 0 spiro atoms. The Balaban J connectivity index is 2.07. The monoisotopic (exact) mass is 261 g/mol. The molecule has 0 saturated heterocycles. The lowest BCUT2D eigenvalue weighted by atomic mass is 10.0. The number of carbonyl (C=O) groups is 1. The number of rotatable bonds is 3. The molecule has 0 fully saturated rings. The minimum absolute atomic E-state index is 0.366. The summed E-state index contributed by atoms with van der Waals surface area (Å²) in [6, 6.07) is 7.57. The van der Waals surface area contributed by atoms with Crippen molar-refractivity contribution < 1.29 is 9.53 Å². The molecule has 0 aliphatic rings. The summed E-state index contributed by atoms with van der Waals surface area (Å²) < 4.78 is 5.25. The van der Waals surface area contributed by atoms with E-state index in [0.29, 0.717) is 17.4 Å². The second-order valence-corrected chi connectivity index (χ2v) is 5.43. The molecule has 3 nitrogen and oxygen atoms in total. The van der Waals surface area contributed by atoms with Gasteiger partial charge in [-0.25, -0.2) is 9.78 Å². The topological polar surface area (TPSA) is 39.2 Å².